The van der Waals surface area contributed by atoms with Crippen molar-refractivity contribution in [1.82, 2.24) is 4.98 Å². The molecule has 6 nitrogen and oxygen atoms in total. The minimum absolute atomic E-state index is 0. The maximum atomic E-state index is 10.0. The van der Waals surface area contributed by atoms with Crippen molar-refractivity contribution in [2.24, 2.45) is 0 Å². The summed E-state index contributed by atoms with van der Waals surface area (Å²) in [6.07, 6.45) is 2.87. The van der Waals surface area contributed by atoms with E-state index in [0.717, 1.165) is 33.9 Å². The normalized spacial score (nSPS) is 10.4. The number of hydrogen-bond acceptors (Lipinski definition) is 6. The van der Waals surface area contributed by atoms with Crippen LogP contribution in [0.15, 0.2) is 103 Å². The van der Waals surface area contributed by atoms with Gasteiger partial charge in [-0.3, -0.25) is 4.79 Å². The molecule has 0 atom stereocenters. The number of ether oxygens (including phenoxy) is 1. The van der Waals surface area contributed by atoms with Crippen LogP contribution in [0.1, 0.15) is 19.4 Å². The summed E-state index contributed by atoms with van der Waals surface area (Å²) in [5, 5.41) is 17.9. The van der Waals surface area contributed by atoms with Crippen LogP contribution in [0.2, 0.25) is 0 Å². The van der Waals surface area contributed by atoms with Gasteiger partial charge in [-0.2, -0.15) is 0 Å². The topological polar surface area (TPSA) is 82.9 Å². The summed E-state index contributed by atoms with van der Waals surface area (Å²) in [4.78, 5) is 16.7. The molecule has 194 valence electrons. The third-order valence-electron chi connectivity index (χ3n) is 5.07. The number of aliphatic hydroxyl groups is 2. The van der Waals surface area contributed by atoms with E-state index in [2.05, 4.69) is 40.2 Å². The largest absolute Gasteiger partial charge is 0.540 e. The zero-order valence-corrected chi connectivity index (χ0v) is 23.1. The van der Waals surface area contributed by atoms with E-state index in [1.54, 1.807) is 25.4 Å². The number of pyridine rings is 1. The van der Waals surface area contributed by atoms with Crippen molar-refractivity contribution in [3.8, 4) is 17.0 Å². The van der Waals surface area contributed by atoms with Gasteiger partial charge in [0.1, 0.15) is 0 Å². The number of para-hydroxylation sites is 2. The average molecular weight is 677 g/mol. The van der Waals surface area contributed by atoms with Gasteiger partial charge in [-0.25, -0.2) is 0 Å². The van der Waals surface area contributed by atoms with Crippen molar-refractivity contribution in [2.75, 3.05) is 12.0 Å². The minimum Gasteiger partial charge on any atom is -0.540 e. The van der Waals surface area contributed by atoms with E-state index in [1.165, 1.54) is 19.9 Å². The fourth-order valence-electron chi connectivity index (χ4n) is 3.55. The fraction of sp³-hybridized carbons (Fsp3) is 0.133. The predicted octanol–water partition coefficient (Wildman–Crippen LogP) is 6.55. The molecule has 0 saturated heterocycles. The molecule has 0 fully saturated rings. The summed E-state index contributed by atoms with van der Waals surface area (Å²) in [6, 6.07) is 31.1. The average Bonchev–Trinajstić information content (AvgIpc) is 2.89. The Kier molecular flexibility index (Phi) is 11.7. The number of nitrogens with zero attached hydrogens (tertiary/aromatic N) is 2. The third-order valence-corrected chi connectivity index (χ3v) is 5.07. The molecule has 7 heteroatoms. The Morgan fingerprint density at radius 1 is 1.00 bits per heavy atom. The number of carbonyl (C=O) groups excluding carboxylic acids is 1. The Morgan fingerprint density at radius 2 is 1.59 bits per heavy atom. The fourth-order valence-corrected chi connectivity index (χ4v) is 3.55. The maximum Gasteiger partial charge on any atom is 0.155 e. The molecule has 0 aliphatic carbocycles. The Morgan fingerprint density at radius 3 is 2.05 bits per heavy atom. The second kappa shape index (κ2) is 14.7. The van der Waals surface area contributed by atoms with Gasteiger partial charge in [0.05, 0.1) is 19.5 Å². The molecule has 0 amide bonds. The van der Waals surface area contributed by atoms with Crippen LogP contribution in [-0.4, -0.2) is 28.1 Å². The second-order valence-corrected chi connectivity index (χ2v) is 7.91. The quantitative estimate of drug-likeness (QED) is 0.131. The van der Waals surface area contributed by atoms with Gasteiger partial charge < -0.3 is 24.8 Å². The van der Waals surface area contributed by atoms with E-state index >= 15 is 0 Å². The smallest absolute Gasteiger partial charge is 0.155 e. The molecule has 1 heterocycles. The molecule has 0 saturated carbocycles. The predicted molar refractivity (Wildman–Crippen MR) is 143 cm³/mol. The van der Waals surface area contributed by atoms with E-state index < -0.39 is 0 Å². The number of aromatic nitrogens is 1. The van der Waals surface area contributed by atoms with Gasteiger partial charge in [0.25, 0.3) is 0 Å². The maximum absolute atomic E-state index is 10.0. The summed E-state index contributed by atoms with van der Waals surface area (Å²) < 4.78 is 5.49. The van der Waals surface area contributed by atoms with Gasteiger partial charge in [-0.05, 0) is 61.1 Å². The van der Waals surface area contributed by atoms with Gasteiger partial charge >= 0.3 is 0 Å². The molecule has 0 aliphatic rings. The number of hydrogen-bond donors (Lipinski definition) is 2. The van der Waals surface area contributed by atoms with Gasteiger partial charge in [-0.15, -0.1) is 17.7 Å². The van der Waals surface area contributed by atoms with Crippen molar-refractivity contribution < 1.29 is 40.8 Å². The first-order chi connectivity index (χ1) is 17.4. The molecule has 0 bridgehead atoms. The van der Waals surface area contributed by atoms with Crippen molar-refractivity contribution >= 4 is 22.8 Å². The number of rotatable bonds is 7. The van der Waals surface area contributed by atoms with Gasteiger partial charge in [0.15, 0.2) is 5.78 Å². The molecule has 4 aromatic rings. The van der Waals surface area contributed by atoms with Crippen LogP contribution in [0.25, 0.3) is 11.3 Å². The molecule has 0 unspecified atom stereocenters. The van der Waals surface area contributed by atoms with Crippen LogP contribution in [-0.2, 0) is 32.5 Å². The van der Waals surface area contributed by atoms with Crippen molar-refractivity contribution in [2.45, 2.75) is 20.5 Å². The molecule has 0 radical (unpaired) electrons. The first-order valence-corrected chi connectivity index (χ1v) is 11.4. The number of benzene rings is 3. The number of ketones is 1. The van der Waals surface area contributed by atoms with Gasteiger partial charge in [0.2, 0.25) is 0 Å². The third kappa shape index (κ3) is 8.42. The molecule has 1 aromatic heterocycles. The summed E-state index contributed by atoms with van der Waals surface area (Å²) in [6.45, 7) is 2.81. The van der Waals surface area contributed by atoms with Crippen LogP contribution in [0.5, 0.6) is 5.75 Å². The first-order valence-electron chi connectivity index (χ1n) is 11.4. The monoisotopic (exact) mass is 676 g/mol. The van der Waals surface area contributed by atoms with Crippen LogP contribution < -0.4 is 9.64 Å². The Labute approximate surface area is 232 Å². The number of anilines is 3. The molecule has 0 spiro atoms. The summed E-state index contributed by atoms with van der Waals surface area (Å²) in [7, 11) is 1.65. The van der Waals surface area contributed by atoms with Crippen LogP contribution in [0.4, 0.5) is 17.1 Å². The van der Waals surface area contributed by atoms with Crippen LogP contribution >= 0.6 is 0 Å². The molecule has 37 heavy (non-hydrogen) atoms. The Hall–Kier alpha value is -3.73. The zero-order chi connectivity index (χ0) is 25.9. The molecular formula is C30H29N2O4Pt-. The Balaban J connectivity index is 0.000000532. The van der Waals surface area contributed by atoms with Gasteiger partial charge in [0, 0.05) is 50.5 Å². The number of allylic oxidation sites excluding steroid dienone is 2. The molecule has 2 N–H and O–H groups in total. The van der Waals surface area contributed by atoms with E-state index in [1.807, 2.05) is 48.5 Å². The molecule has 4 rings (SSSR count). The first kappa shape index (κ1) is 29.5. The number of methoxy groups -OCH3 is 1. The summed E-state index contributed by atoms with van der Waals surface area (Å²) >= 11 is 0. The molecule has 0 aliphatic heterocycles. The standard InChI is InChI=1S/C25H21N2O2.C5H8O2.Pt/c1-29-22-12-13-23(24-16-19(18-28)14-15-26-24)25(17-22)27(20-8-4-2-5-9-20)21-10-6-3-7-11-21;1-4(6)3-5(2)7;/h2-12,14-17,28H,18H2,1H3;3,6H,1-2H3;/q-1;;/b;4-3-;. The van der Waals surface area contributed by atoms with Crippen molar-refractivity contribution in [1.29, 1.82) is 0 Å². The Bertz CT molecular complexity index is 1270. The van der Waals surface area contributed by atoms with E-state index in [4.69, 9.17) is 9.84 Å². The van der Waals surface area contributed by atoms with E-state index in [0.29, 0.717) is 5.75 Å². The van der Waals surface area contributed by atoms with Crippen LogP contribution in [0.3, 0.4) is 0 Å². The SMILES string of the molecule is CC(=O)/C=C(/C)O.COc1c[c-]c(-c2cc(CO)ccn2)c(N(c2ccccc2)c2ccccc2)c1.[Pt]. The molecular weight excluding hydrogens is 647 g/mol. The van der Waals surface area contributed by atoms with Crippen LogP contribution in [0, 0.1) is 6.07 Å². The number of carbonyl (C=O) groups is 1. The molecule has 3 aromatic carbocycles. The van der Waals surface area contributed by atoms with Crippen molar-refractivity contribution in [3.63, 3.8) is 0 Å². The zero-order valence-electron chi connectivity index (χ0n) is 20.9. The summed E-state index contributed by atoms with van der Waals surface area (Å²) in [5.41, 5.74) is 5.29. The van der Waals surface area contributed by atoms with Gasteiger partial charge in [-0.1, -0.05) is 48.5 Å². The van der Waals surface area contributed by atoms with Crippen molar-refractivity contribution in [3.05, 3.63) is 115 Å². The minimum atomic E-state index is -0.125. The number of aliphatic hydroxyl groups excluding tert-OH is 2. The second-order valence-electron chi connectivity index (χ2n) is 7.91. The summed E-state index contributed by atoms with van der Waals surface area (Å²) in [5.74, 6) is 0.645. The van der Waals surface area contributed by atoms with E-state index in [-0.39, 0.29) is 39.2 Å². The van der Waals surface area contributed by atoms with E-state index in [9.17, 15) is 9.90 Å².